The molecule has 6 nitrogen and oxygen atoms in total. The van der Waals surface area contributed by atoms with Crippen molar-refractivity contribution in [1.82, 2.24) is 0 Å². The van der Waals surface area contributed by atoms with Crippen molar-refractivity contribution in [3.05, 3.63) is 113 Å². The van der Waals surface area contributed by atoms with Crippen LogP contribution in [-0.2, 0) is 31.9 Å². The molecule has 0 aliphatic heterocycles. The quantitative estimate of drug-likeness (QED) is 0.112. The van der Waals surface area contributed by atoms with E-state index >= 15 is 0 Å². The van der Waals surface area contributed by atoms with Gasteiger partial charge in [-0.3, -0.25) is 0 Å². The van der Waals surface area contributed by atoms with E-state index < -0.39 is 17.9 Å². The van der Waals surface area contributed by atoms with Crippen molar-refractivity contribution in [2.75, 3.05) is 0 Å². The summed E-state index contributed by atoms with van der Waals surface area (Å²) >= 11 is 0. The van der Waals surface area contributed by atoms with Crippen LogP contribution in [0.3, 0.4) is 0 Å². The third-order valence-corrected chi connectivity index (χ3v) is 7.14. The Morgan fingerprint density at radius 2 is 1.54 bits per heavy atom. The number of allylic oxidation sites excluding steroid dienone is 1. The normalized spacial score (nSPS) is 13.8. The molecule has 41 heavy (non-hydrogen) atoms. The van der Waals surface area contributed by atoms with Gasteiger partial charge >= 0.3 is 17.9 Å². The van der Waals surface area contributed by atoms with Crippen LogP contribution in [0.2, 0.25) is 0 Å². The Morgan fingerprint density at radius 1 is 0.854 bits per heavy atom. The minimum atomic E-state index is -0.433. The molecule has 0 radical (unpaired) electrons. The molecule has 0 fully saturated rings. The number of hydrogen-bond acceptors (Lipinski definition) is 6. The molecule has 0 saturated heterocycles. The number of benzene rings is 3. The third kappa shape index (κ3) is 7.20. The maximum absolute atomic E-state index is 13.0. The average Bonchev–Trinajstić information content (AvgIpc) is 2.95. The number of esters is 3. The average molecular weight is 553 g/mol. The van der Waals surface area contributed by atoms with Crippen LogP contribution >= 0.6 is 0 Å². The largest absolute Gasteiger partial charge is 0.455 e. The van der Waals surface area contributed by atoms with Gasteiger partial charge in [-0.1, -0.05) is 56.8 Å². The first-order chi connectivity index (χ1) is 19.5. The molecule has 0 heterocycles. The molecule has 3 aromatic rings. The topological polar surface area (TPSA) is 78.9 Å². The molecule has 0 bridgehead atoms. The SMILES string of the molecule is C=C(C)C(=O)OC(C)C1=CCc2cc(C(=O)Oc3ccc4cc(C(CCC)OC(=O)C(=C)C)ccc4c3)ccc2C1. The van der Waals surface area contributed by atoms with Crippen molar-refractivity contribution in [1.29, 1.82) is 0 Å². The molecule has 2 unspecified atom stereocenters. The number of fused-ring (bicyclic) bond motifs is 2. The minimum Gasteiger partial charge on any atom is -0.455 e. The first-order valence-electron chi connectivity index (χ1n) is 13.8. The second-order valence-electron chi connectivity index (χ2n) is 10.6. The van der Waals surface area contributed by atoms with Gasteiger partial charge < -0.3 is 14.2 Å². The van der Waals surface area contributed by atoms with Crippen LogP contribution in [0.1, 0.15) is 73.7 Å². The van der Waals surface area contributed by atoms with Crippen LogP contribution in [0.15, 0.2) is 90.6 Å². The molecule has 1 aliphatic carbocycles. The summed E-state index contributed by atoms with van der Waals surface area (Å²) in [7, 11) is 0. The Bertz CT molecular complexity index is 1560. The van der Waals surface area contributed by atoms with Gasteiger partial charge in [-0.15, -0.1) is 0 Å². The zero-order valence-electron chi connectivity index (χ0n) is 24.1. The zero-order valence-corrected chi connectivity index (χ0v) is 24.1. The van der Waals surface area contributed by atoms with Crippen LogP contribution in [0.25, 0.3) is 10.8 Å². The summed E-state index contributed by atoms with van der Waals surface area (Å²) in [6.07, 6.45) is 4.22. The summed E-state index contributed by atoms with van der Waals surface area (Å²) in [4.78, 5) is 37.0. The van der Waals surface area contributed by atoms with E-state index in [0.717, 1.165) is 39.5 Å². The van der Waals surface area contributed by atoms with Crippen molar-refractivity contribution < 1.29 is 28.6 Å². The van der Waals surface area contributed by atoms with Gasteiger partial charge in [0.05, 0.1) is 5.56 Å². The fourth-order valence-corrected chi connectivity index (χ4v) is 4.75. The lowest BCUT2D eigenvalue weighted by Crippen LogP contribution is -2.21. The molecule has 0 saturated carbocycles. The number of hydrogen-bond donors (Lipinski definition) is 0. The highest BCUT2D eigenvalue weighted by atomic mass is 16.5. The molecule has 0 N–H and O–H groups in total. The predicted octanol–water partition coefficient (Wildman–Crippen LogP) is 7.55. The van der Waals surface area contributed by atoms with E-state index in [4.69, 9.17) is 14.2 Å². The zero-order chi connectivity index (χ0) is 29.7. The van der Waals surface area contributed by atoms with Gasteiger partial charge in [0.2, 0.25) is 0 Å². The molecule has 1 aliphatic rings. The van der Waals surface area contributed by atoms with Crippen molar-refractivity contribution >= 4 is 28.7 Å². The highest BCUT2D eigenvalue weighted by molar-refractivity contribution is 5.93. The van der Waals surface area contributed by atoms with Gasteiger partial charge in [0.15, 0.2) is 0 Å². The molecule has 0 spiro atoms. The van der Waals surface area contributed by atoms with Crippen LogP contribution in [0.5, 0.6) is 5.75 Å². The van der Waals surface area contributed by atoms with Gasteiger partial charge in [0, 0.05) is 11.1 Å². The lowest BCUT2D eigenvalue weighted by atomic mass is 9.88. The first kappa shape index (κ1) is 29.5. The lowest BCUT2D eigenvalue weighted by Gasteiger charge is -2.22. The molecular weight excluding hydrogens is 516 g/mol. The minimum absolute atomic E-state index is 0.343. The molecule has 0 amide bonds. The maximum atomic E-state index is 13.0. The molecule has 6 heteroatoms. The van der Waals surface area contributed by atoms with E-state index in [0.29, 0.717) is 41.7 Å². The highest BCUT2D eigenvalue weighted by Gasteiger charge is 2.21. The third-order valence-electron chi connectivity index (χ3n) is 7.14. The second kappa shape index (κ2) is 12.8. The number of carbonyl (C=O) groups is 3. The molecule has 3 aromatic carbocycles. The Morgan fingerprint density at radius 3 is 2.24 bits per heavy atom. The molecule has 4 rings (SSSR count). The molecular formula is C35H36O6. The second-order valence-corrected chi connectivity index (χ2v) is 10.6. The predicted molar refractivity (Wildman–Crippen MR) is 160 cm³/mol. The van der Waals surface area contributed by atoms with E-state index in [1.165, 1.54) is 0 Å². The van der Waals surface area contributed by atoms with E-state index in [9.17, 15) is 14.4 Å². The van der Waals surface area contributed by atoms with Crippen LogP contribution in [-0.4, -0.2) is 24.0 Å². The van der Waals surface area contributed by atoms with Gasteiger partial charge in [-0.05, 0) is 103 Å². The van der Waals surface area contributed by atoms with Gasteiger partial charge in [0.25, 0.3) is 0 Å². The van der Waals surface area contributed by atoms with E-state index in [1.54, 1.807) is 26.0 Å². The first-order valence-corrected chi connectivity index (χ1v) is 13.8. The van der Waals surface area contributed by atoms with Crippen LogP contribution in [0, 0.1) is 0 Å². The number of rotatable bonds is 10. The monoisotopic (exact) mass is 552 g/mol. The number of carbonyl (C=O) groups excluding carboxylic acids is 3. The van der Waals surface area contributed by atoms with Crippen LogP contribution in [0.4, 0.5) is 0 Å². The van der Waals surface area contributed by atoms with E-state index in [-0.39, 0.29) is 12.2 Å². The Balaban J connectivity index is 1.44. The van der Waals surface area contributed by atoms with Crippen molar-refractivity contribution in [2.24, 2.45) is 0 Å². The van der Waals surface area contributed by atoms with Crippen molar-refractivity contribution in [2.45, 2.75) is 65.6 Å². The Hall–Kier alpha value is -4.45. The number of ether oxygens (including phenoxy) is 3. The summed E-state index contributed by atoms with van der Waals surface area (Å²) in [6.45, 7) is 14.5. The Kier molecular flexibility index (Phi) is 9.23. The summed E-state index contributed by atoms with van der Waals surface area (Å²) in [5.41, 5.74) is 5.28. The highest BCUT2D eigenvalue weighted by Crippen LogP contribution is 2.30. The Labute approximate surface area is 241 Å². The summed E-state index contributed by atoms with van der Waals surface area (Å²) in [6, 6.07) is 16.9. The van der Waals surface area contributed by atoms with Crippen molar-refractivity contribution in [3.63, 3.8) is 0 Å². The molecule has 2 atom stereocenters. The smallest absolute Gasteiger partial charge is 0.343 e. The van der Waals surface area contributed by atoms with Crippen molar-refractivity contribution in [3.8, 4) is 5.75 Å². The van der Waals surface area contributed by atoms with Gasteiger partial charge in [-0.2, -0.15) is 0 Å². The summed E-state index contributed by atoms with van der Waals surface area (Å²) < 4.78 is 16.9. The van der Waals surface area contributed by atoms with Gasteiger partial charge in [-0.25, -0.2) is 14.4 Å². The van der Waals surface area contributed by atoms with Gasteiger partial charge in [0.1, 0.15) is 18.0 Å². The molecule has 212 valence electrons. The van der Waals surface area contributed by atoms with E-state index in [2.05, 4.69) is 19.2 Å². The fourth-order valence-electron chi connectivity index (χ4n) is 4.75. The lowest BCUT2D eigenvalue weighted by molar-refractivity contribution is -0.145. The summed E-state index contributed by atoms with van der Waals surface area (Å²) in [5, 5.41) is 1.86. The fraction of sp³-hybridized carbons (Fsp3) is 0.286. The van der Waals surface area contributed by atoms with Crippen LogP contribution < -0.4 is 4.74 Å². The van der Waals surface area contributed by atoms with E-state index in [1.807, 2.05) is 56.3 Å². The summed E-state index contributed by atoms with van der Waals surface area (Å²) in [5.74, 6) is -0.788. The maximum Gasteiger partial charge on any atom is 0.343 e. The standard InChI is InChI=1S/C35H36O6/c1-7-8-32(41-34(37)22(4)5)29-13-11-28-20-31(16-15-27(28)18-29)40-35(38)30-14-12-25-17-24(9-10-26(25)19-30)23(6)39-33(36)21(2)3/h9,11-16,18-20,23,32H,2,4,7-8,10,17H2,1,3,5-6H3. The molecule has 0 aromatic heterocycles.